The summed E-state index contributed by atoms with van der Waals surface area (Å²) >= 11 is -1.57. The number of hydrogen-bond acceptors (Lipinski definition) is 3. The van der Waals surface area contributed by atoms with E-state index >= 15 is 0 Å². The molecule has 0 fully saturated rings. The Hall–Kier alpha value is -0.510. The summed E-state index contributed by atoms with van der Waals surface area (Å²) < 4.78 is 20.4. The van der Waals surface area contributed by atoms with Crippen LogP contribution in [0, 0.1) is 5.92 Å². The highest BCUT2D eigenvalue weighted by Gasteiger charge is 2.21. The Bertz CT molecular complexity index is 208. The first kappa shape index (κ1) is 8.59. The molecule has 0 aliphatic carbocycles. The largest absolute Gasteiger partial charge is 0.417 e. The Labute approximate surface area is 69.3 Å². The second-order valence-corrected chi connectivity index (χ2v) is 3.69. The minimum atomic E-state index is -1.57. The van der Waals surface area contributed by atoms with E-state index in [-0.39, 0.29) is 0 Å². The second-order valence-electron chi connectivity index (χ2n) is 2.95. The van der Waals surface area contributed by atoms with Crippen molar-refractivity contribution in [1.29, 1.82) is 0 Å². The van der Waals surface area contributed by atoms with Crippen molar-refractivity contribution < 1.29 is 12.6 Å². The summed E-state index contributed by atoms with van der Waals surface area (Å²) in [4.78, 5) is 0. The average Bonchev–Trinajstić information content (AvgIpc) is 2.09. The van der Waals surface area contributed by atoms with Gasteiger partial charge in [0.05, 0.1) is 0 Å². The third-order valence-corrected chi connectivity index (χ3v) is 2.07. The monoisotopic (exact) mass is 176 g/mol. The topological polar surface area (TPSA) is 35.5 Å². The van der Waals surface area contributed by atoms with E-state index in [2.05, 4.69) is 13.8 Å². The summed E-state index contributed by atoms with van der Waals surface area (Å²) in [6.07, 6.45) is 0.789. The Morgan fingerprint density at radius 2 is 2.09 bits per heavy atom. The van der Waals surface area contributed by atoms with Crippen LogP contribution in [0.3, 0.4) is 0 Å². The van der Waals surface area contributed by atoms with Crippen molar-refractivity contribution in [2.24, 2.45) is 5.92 Å². The lowest BCUT2D eigenvalue weighted by atomic mass is 10.1. The van der Waals surface area contributed by atoms with Gasteiger partial charge in [-0.1, -0.05) is 13.8 Å². The zero-order valence-electron chi connectivity index (χ0n) is 6.92. The molecule has 0 amide bonds. The van der Waals surface area contributed by atoms with Crippen LogP contribution in [0.4, 0.5) is 0 Å². The maximum absolute atomic E-state index is 10.7. The molecule has 1 aliphatic heterocycles. The second kappa shape index (κ2) is 3.26. The molecule has 0 bridgehead atoms. The molecule has 0 aromatic carbocycles. The van der Waals surface area contributed by atoms with Crippen molar-refractivity contribution >= 4 is 11.4 Å². The van der Waals surface area contributed by atoms with Crippen LogP contribution in [0.2, 0.25) is 0 Å². The fourth-order valence-electron chi connectivity index (χ4n) is 0.855. The van der Waals surface area contributed by atoms with Gasteiger partial charge in [0.2, 0.25) is 0 Å². The van der Waals surface area contributed by atoms with E-state index in [1.165, 1.54) is 0 Å². The Morgan fingerprint density at radius 3 is 2.45 bits per heavy atom. The summed E-state index contributed by atoms with van der Waals surface area (Å²) in [6.45, 7) is 5.92. The van der Waals surface area contributed by atoms with Crippen molar-refractivity contribution in [3.05, 3.63) is 11.5 Å². The van der Waals surface area contributed by atoms with Crippen molar-refractivity contribution in [2.45, 2.75) is 27.2 Å². The highest BCUT2D eigenvalue weighted by Crippen LogP contribution is 2.25. The lowest BCUT2D eigenvalue weighted by Gasteiger charge is -2.01. The standard InChI is InChI=1S/C7H12O3S/c1-5(2)4-7-6(3)9-11(8)10-7/h5H,4H2,1-3H3. The minimum absolute atomic E-state index is 0.499. The van der Waals surface area contributed by atoms with Gasteiger partial charge < -0.3 is 8.37 Å². The molecule has 0 aromatic rings. The predicted octanol–water partition coefficient (Wildman–Crippen LogP) is 1.89. The predicted molar refractivity (Wildman–Crippen MR) is 42.5 cm³/mol. The Morgan fingerprint density at radius 1 is 1.45 bits per heavy atom. The molecule has 4 heteroatoms. The van der Waals surface area contributed by atoms with Gasteiger partial charge in [-0.15, -0.1) is 0 Å². The summed E-state index contributed by atoms with van der Waals surface area (Å²) in [5, 5.41) is 0. The molecule has 1 rings (SSSR count). The van der Waals surface area contributed by atoms with E-state index in [0.29, 0.717) is 11.7 Å². The van der Waals surface area contributed by atoms with Crippen molar-refractivity contribution in [3.63, 3.8) is 0 Å². The minimum Gasteiger partial charge on any atom is -0.372 e. The molecule has 64 valence electrons. The molecule has 3 nitrogen and oxygen atoms in total. The molecular weight excluding hydrogens is 164 g/mol. The van der Waals surface area contributed by atoms with Gasteiger partial charge in [-0.05, 0) is 12.8 Å². The van der Waals surface area contributed by atoms with Crippen LogP contribution in [0.15, 0.2) is 11.5 Å². The van der Waals surface area contributed by atoms with Crippen LogP contribution in [0.1, 0.15) is 27.2 Å². The van der Waals surface area contributed by atoms with Crippen LogP contribution in [0.25, 0.3) is 0 Å². The first-order chi connectivity index (χ1) is 5.09. The van der Waals surface area contributed by atoms with E-state index in [0.717, 1.165) is 12.2 Å². The van der Waals surface area contributed by atoms with Gasteiger partial charge in [0, 0.05) is 6.42 Å². The van der Waals surface area contributed by atoms with E-state index < -0.39 is 11.4 Å². The highest BCUT2D eigenvalue weighted by molar-refractivity contribution is 7.75. The number of allylic oxidation sites excluding steroid dienone is 2. The van der Waals surface area contributed by atoms with E-state index in [1.807, 2.05) is 0 Å². The first-order valence-electron chi connectivity index (χ1n) is 3.57. The van der Waals surface area contributed by atoms with Crippen LogP contribution in [0.5, 0.6) is 0 Å². The molecule has 1 aliphatic rings. The molecule has 0 saturated heterocycles. The molecular formula is C7H12O3S. The van der Waals surface area contributed by atoms with Gasteiger partial charge in [-0.2, -0.15) is 4.21 Å². The van der Waals surface area contributed by atoms with Gasteiger partial charge in [-0.25, -0.2) is 0 Å². The highest BCUT2D eigenvalue weighted by atomic mass is 32.2. The van der Waals surface area contributed by atoms with Crippen molar-refractivity contribution in [1.82, 2.24) is 0 Å². The fraction of sp³-hybridized carbons (Fsp3) is 0.714. The SMILES string of the molecule is CC1=C(CC(C)C)OS(=O)O1. The van der Waals surface area contributed by atoms with Crippen molar-refractivity contribution in [3.8, 4) is 0 Å². The van der Waals surface area contributed by atoms with Gasteiger partial charge in [0.25, 0.3) is 0 Å². The molecule has 1 heterocycles. The zero-order chi connectivity index (χ0) is 8.43. The van der Waals surface area contributed by atoms with Crippen LogP contribution < -0.4 is 0 Å². The van der Waals surface area contributed by atoms with Crippen LogP contribution in [-0.2, 0) is 19.7 Å². The quantitative estimate of drug-likeness (QED) is 0.644. The third kappa shape index (κ3) is 2.22. The lowest BCUT2D eigenvalue weighted by molar-refractivity contribution is 0.402. The van der Waals surface area contributed by atoms with Crippen LogP contribution in [-0.4, -0.2) is 4.21 Å². The van der Waals surface area contributed by atoms with E-state index in [9.17, 15) is 4.21 Å². The normalized spacial score (nSPS) is 23.8. The molecule has 0 aromatic heterocycles. The van der Waals surface area contributed by atoms with Gasteiger partial charge in [-0.3, -0.25) is 0 Å². The first-order valence-corrected chi connectivity index (χ1v) is 4.57. The average molecular weight is 176 g/mol. The van der Waals surface area contributed by atoms with Crippen LogP contribution >= 0.6 is 0 Å². The van der Waals surface area contributed by atoms with Gasteiger partial charge >= 0.3 is 11.4 Å². The Balaban J connectivity index is 2.57. The summed E-state index contributed by atoms with van der Waals surface area (Å²) in [6, 6.07) is 0. The molecule has 0 saturated carbocycles. The van der Waals surface area contributed by atoms with E-state index in [4.69, 9.17) is 8.37 Å². The van der Waals surface area contributed by atoms with Crippen molar-refractivity contribution in [2.75, 3.05) is 0 Å². The number of rotatable bonds is 2. The molecule has 1 atom stereocenters. The summed E-state index contributed by atoms with van der Waals surface area (Å²) in [7, 11) is 0. The Kier molecular flexibility index (Phi) is 2.54. The molecule has 0 N–H and O–H groups in total. The summed E-state index contributed by atoms with van der Waals surface area (Å²) in [5.74, 6) is 1.87. The maximum Gasteiger partial charge on any atom is 0.417 e. The third-order valence-electron chi connectivity index (χ3n) is 1.35. The van der Waals surface area contributed by atoms with Gasteiger partial charge in [0.1, 0.15) is 0 Å². The molecule has 1 unspecified atom stereocenters. The van der Waals surface area contributed by atoms with E-state index in [1.54, 1.807) is 6.92 Å². The molecule has 11 heavy (non-hydrogen) atoms. The number of hydrogen-bond donors (Lipinski definition) is 0. The molecule has 0 spiro atoms. The maximum atomic E-state index is 10.7. The molecule has 0 radical (unpaired) electrons. The zero-order valence-corrected chi connectivity index (χ0v) is 7.73. The fourth-order valence-corrected chi connectivity index (χ4v) is 1.54. The van der Waals surface area contributed by atoms with Gasteiger partial charge in [0.15, 0.2) is 11.5 Å². The smallest absolute Gasteiger partial charge is 0.372 e. The lowest BCUT2D eigenvalue weighted by Crippen LogP contribution is -1.93. The summed E-state index contributed by atoms with van der Waals surface area (Å²) in [5.41, 5.74) is 0.